The smallest absolute Gasteiger partial charge is 0.350 e. The van der Waals surface area contributed by atoms with Crippen molar-refractivity contribution in [1.29, 1.82) is 0 Å². The van der Waals surface area contributed by atoms with Crippen molar-refractivity contribution in [2.24, 2.45) is 5.92 Å². The molecule has 1 fully saturated rings. The van der Waals surface area contributed by atoms with Gasteiger partial charge in [0.05, 0.1) is 5.25 Å². The largest absolute Gasteiger partial charge is 0.389 e. The third kappa shape index (κ3) is 6.76. The van der Waals surface area contributed by atoms with Gasteiger partial charge in [0.1, 0.15) is 26.5 Å². The van der Waals surface area contributed by atoms with E-state index in [0.29, 0.717) is 25.7 Å². The molecule has 200 valence electrons. The molecule has 1 aliphatic carbocycles. The van der Waals surface area contributed by atoms with Gasteiger partial charge in [-0.1, -0.05) is 18.5 Å². The van der Waals surface area contributed by atoms with Crippen LogP contribution in [0.25, 0.3) is 5.69 Å². The summed E-state index contributed by atoms with van der Waals surface area (Å²) in [5.74, 6) is -2.75. The fourth-order valence-corrected chi connectivity index (χ4v) is 5.84. The van der Waals surface area contributed by atoms with E-state index in [1.807, 2.05) is 0 Å². The molecular formula is C23H27ClF5N3O3S. The summed E-state index contributed by atoms with van der Waals surface area (Å²) in [6, 6.07) is 1.62. The molecule has 0 bridgehead atoms. The summed E-state index contributed by atoms with van der Waals surface area (Å²) in [6.45, 7) is 1.90. The van der Waals surface area contributed by atoms with Crippen LogP contribution in [0.5, 0.6) is 0 Å². The Morgan fingerprint density at radius 1 is 1.17 bits per heavy atom. The third-order valence-corrected chi connectivity index (χ3v) is 8.40. The second-order valence-corrected chi connectivity index (χ2v) is 11.7. The lowest BCUT2D eigenvalue weighted by Crippen LogP contribution is -2.34. The molecule has 1 aromatic heterocycles. The monoisotopic (exact) mass is 555 g/mol. The van der Waals surface area contributed by atoms with Crippen LogP contribution in [0.2, 0.25) is 5.15 Å². The number of aromatic nitrogens is 2. The van der Waals surface area contributed by atoms with Crippen LogP contribution in [0.1, 0.15) is 60.9 Å². The van der Waals surface area contributed by atoms with E-state index in [0.717, 1.165) is 16.7 Å². The Labute approximate surface area is 211 Å². The van der Waals surface area contributed by atoms with Gasteiger partial charge in [-0.05, 0) is 55.7 Å². The zero-order chi connectivity index (χ0) is 26.8. The predicted molar refractivity (Wildman–Crippen MR) is 125 cm³/mol. The Balaban J connectivity index is 1.77. The van der Waals surface area contributed by atoms with Gasteiger partial charge in [0.15, 0.2) is 17.3 Å². The highest BCUT2D eigenvalue weighted by Crippen LogP contribution is 2.31. The Hall–Kier alpha value is -2.21. The van der Waals surface area contributed by atoms with Gasteiger partial charge in [-0.2, -0.15) is 13.2 Å². The zero-order valence-electron chi connectivity index (χ0n) is 19.8. The maximum atomic E-state index is 14.9. The first-order valence-electron chi connectivity index (χ1n) is 11.5. The van der Waals surface area contributed by atoms with E-state index < -0.39 is 52.1 Å². The van der Waals surface area contributed by atoms with Crippen LogP contribution >= 0.6 is 11.6 Å². The molecule has 1 heterocycles. The van der Waals surface area contributed by atoms with Crippen molar-refractivity contribution in [1.82, 2.24) is 14.9 Å². The number of carbonyl (C=O) groups excluding carboxylic acids is 1. The molecule has 3 rings (SSSR count). The van der Waals surface area contributed by atoms with Crippen LogP contribution in [0.4, 0.5) is 22.0 Å². The van der Waals surface area contributed by atoms with Crippen LogP contribution in [-0.4, -0.2) is 48.1 Å². The van der Waals surface area contributed by atoms with Crippen molar-refractivity contribution in [3.8, 4) is 5.69 Å². The Bertz CT molecular complexity index is 1200. The molecule has 2 aromatic rings. The Kier molecular flexibility index (Phi) is 8.70. The lowest BCUT2D eigenvalue weighted by molar-refractivity contribution is -0.134. The highest BCUT2D eigenvalue weighted by molar-refractivity contribution is 7.91. The number of halogens is 6. The van der Waals surface area contributed by atoms with Crippen molar-refractivity contribution in [2.45, 2.75) is 63.3 Å². The van der Waals surface area contributed by atoms with Gasteiger partial charge in [-0.15, -0.1) is 0 Å². The first kappa shape index (κ1) is 28.4. The van der Waals surface area contributed by atoms with Gasteiger partial charge in [-0.3, -0.25) is 9.36 Å². The minimum atomic E-state index is -4.47. The summed E-state index contributed by atoms with van der Waals surface area (Å²) < 4.78 is 91.5. The maximum Gasteiger partial charge on any atom is 0.389 e. The number of benzene rings is 1. The van der Waals surface area contributed by atoms with E-state index in [9.17, 15) is 35.2 Å². The lowest BCUT2D eigenvalue weighted by atomic mass is 9.89. The van der Waals surface area contributed by atoms with Crippen LogP contribution in [0.15, 0.2) is 12.1 Å². The molecular weight excluding hydrogens is 529 g/mol. The molecule has 0 atom stereocenters. The molecule has 0 aliphatic heterocycles. The number of sulfone groups is 1. The van der Waals surface area contributed by atoms with Gasteiger partial charge in [0.25, 0.3) is 5.91 Å². The fraction of sp³-hybridized carbons (Fsp3) is 0.565. The van der Waals surface area contributed by atoms with E-state index in [4.69, 9.17) is 11.6 Å². The first-order valence-corrected chi connectivity index (χ1v) is 13.8. The summed E-state index contributed by atoms with van der Waals surface area (Å²) >= 11 is 6.32. The van der Waals surface area contributed by atoms with Crippen LogP contribution in [0.3, 0.4) is 0 Å². The zero-order valence-corrected chi connectivity index (χ0v) is 21.3. The Morgan fingerprint density at radius 2 is 1.75 bits per heavy atom. The summed E-state index contributed by atoms with van der Waals surface area (Å²) in [6.07, 6.45) is -2.65. The van der Waals surface area contributed by atoms with E-state index >= 15 is 0 Å². The number of hydrogen-bond donors (Lipinski definition) is 1. The van der Waals surface area contributed by atoms with Crippen molar-refractivity contribution in [2.75, 3.05) is 12.8 Å². The maximum absolute atomic E-state index is 14.9. The molecule has 1 saturated carbocycles. The van der Waals surface area contributed by atoms with E-state index in [1.165, 1.54) is 6.26 Å². The van der Waals surface area contributed by atoms with Crippen molar-refractivity contribution < 1.29 is 35.2 Å². The second-order valence-electron chi connectivity index (χ2n) is 9.06. The topological polar surface area (TPSA) is 81.1 Å². The Morgan fingerprint density at radius 3 is 2.25 bits per heavy atom. The molecule has 1 aliphatic rings. The standard InChI is InChI=1S/C23H27ClF5N3O3S/c1-3-18-31-19(22(33)30-12-13-4-6-15(7-5-13)36(2,34)35)21(24)32(18)20-16(25)10-14(11-17(20)26)8-9-23(27,28)29/h10-11,13,15H,3-9,12H2,1-2H3,(H,30,33). The van der Waals surface area contributed by atoms with Gasteiger partial charge < -0.3 is 5.32 Å². The number of nitrogens with zero attached hydrogens (tertiary/aromatic N) is 2. The molecule has 1 N–H and O–H groups in total. The van der Waals surface area contributed by atoms with Gasteiger partial charge in [0, 0.05) is 25.6 Å². The minimum absolute atomic E-state index is 0.0672. The number of aryl methyl sites for hydroxylation is 2. The molecule has 6 nitrogen and oxygen atoms in total. The van der Waals surface area contributed by atoms with E-state index in [1.54, 1.807) is 6.92 Å². The first-order chi connectivity index (χ1) is 16.7. The van der Waals surface area contributed by atoms with Crippen LogP contribution in [0, 0.1) is 17.6 Å². The molecule has 0 radical (unpaired) electrons. The van der Waals surface area contributed by atoms with Crippen LogP contribution in [-0.2, 0) is 22.7 Å². The summed E-state index contributed by atoms with van der Waals surface area (Å²) in [5.41, 5.74) is -1.03. The fourth-order valence-electron chi connectivity index (χ4n) is 4.40. The van der Waals surface area contributed by atoms with Crippen molar-refractivity contribution in [3.05, 3.63) is 46.0 Å². The van der Waals surface area contributed by atoms with Crippen LogP contribution < -0.4 is 5.32 Å². The summed E-state index contributed by atoms with van der Waals surface area (Å²) in [4.78, 5) is 16.9. The number of nitrogens with one attached hydrogen (secondary N) is 1. The third-order valence-electron chi connectivity index (χ3n) is 6.37. The molecule has 1 aromatic carbocycles. The number of carbonyl (C=O) groups is 1. The van der Waals surface area contributed by atoms with Gasteiger partial charge in [-0.25, -0.2) is 22.2 Å². The molecule has 0 spiro atoms. The normalized spacial score (nSPS) is 18.9. The quantitative estimate of drug-likeness (QED) is 0.454. The number of amides is 1. The number of alkyl halides is 3. The predicted octanol–water partition coefficient (Wildman–Crippen LogP) is 5.19. The van der Waals surface area contributed by atoms with Crippen molar-refractivity contribution in [3.63, 3.8) is 0 Å². The average molecular weight is 556 g/mol. The average Bonchev–Trinajstić information content (AvgIpc) is 3.11. The number of imidazole rings is 1. The van der Waals surface area contributed by atoms with E-state index in [2.05, 4.69) is 10.3 Å². The molecule has 13 heteroatoms. The number of rotatable bonds is 8. The van der Waals surface area contributed by atoms with Gasteiger partial charge >= 0.3 is 6.18 Å². The second kappa shape index (κ2) is 11.0. The summed E-state index contributed by atoms with van der Waals surface area (Å²) in [5, 5.41) is 1.99. The molecule has 0 unspecified atom stereocenters. The summed E-state index contributed by atoms with van der Waals surface area (Å²) in [7, 11) is -3.11. The van der Waals surface area contributed by atoms with Gasteiger partial charge in [0.2, 0.25) is 0 Å². The lowest BCUT2D eigenvalue weighted by Gasteiger charge is -2.27. The minimum Gasteiger partial charge on any atom is -0.350 e. The highest BCUT2D eigenvalue weighted by Gasteiger charge is 2.30. The van der Waals surface area contributed by atoms with E-state index in [-0.39, 0.29) is 46.4 Å². The molecule has 1 amide bonds. The molecule has 36 heavy (non-hydrogen) atoms. The van der Waals surface area contributed by atoms with Crippen molar-refractivity contribution >= 4 is 27.3 Å². The number of hydrogen-bond acceptors (Lipinski definition) is 4. The SMILES string of the molecule is CCc1nc(C(=O)NCC2CCC(S(C)(=O)=O)CC2)c(Cl)n1-c1c(F)cc(CCC(F)(F)F)cc1F. The highest BCUT2D eigenvalue weighted by atomic mass is 35.5. The molecule has 0 saturated heterocycles.